The standard InChI is InChI=1S/C12H18N2O5S/c1-14(7-6-12(15)19-3)20(16,17)11-5-4-9(18-2)8-10(11)13/h4-5,8H,6-7,13H2,1-3H3. The van der Waals surface area contributed by atoms with Crippen molar-refractivity contribution in [2.75, 3.05) is 33.5 Å². The molecule has 0 fully saturated rings. The molecular weight excluding hydrogens is 284 g/mol. The molecule has 0 unspecified atom stereocenters. The number of carbonyl (C=O) groups is 1. The van der Waals surface area contributed by atoms with Crippen LogP contribution in [-0.4, -0.2) is 46.5 Å². The summed E-state index contributed by atoms with van der Waals surface area (Å²) in [6.07, 6.45) is -0.0255. The van der Waals surface area contributed by atoms with Crippen molar-refractivity contribution in [1.29, 1.82) is 0 Å². The lowest BCUT2D eigenvalue weighted by atomic mass is 10.3. The van der Waals surface area contributed by atoms with Crippen LogP contribution >= 0.6 is 0 Å². The van der Waals surface area contributed by atoms with Gasteiger partial charge in [-0.15, -0.1) is 0 Å². The molecule has 0 aliphatic carbocycles. The average Bonchev–Trinajstić information content (AvgIpc) is 2.43. The highest BCUT2D eigenvalue weighted by Crippen LogP contribution is 2.25. The fourth-order valence-electron chi connectivity index (χ4n) is 1.53. The van der Waals surface area contributed by atoms with Gasteiger partial charge in [-0.25, -0.2) is 12.7 Å². The molecule has 2 N–H and O–H groups in total. The molecule has 0 aliphatic rings. The Morgan fingerprint density at radius 1 is 1.35 bits per heavy atom. The summed E-state index contributed by atoms with van der Waals surface area (Å²) in [6.45, 7) is 0.0144. The minimum absolute atomic E-state index is 0.0144. The summed E-state index contributed by atoms with van der Waals surface area (Å²) in [7, 11) is 0.335. The molecule has 112 valence electrons. The molecule has 1 aromatic rings. The lowest BCUT2D eigenvalue weighted by Gasteiger charge is -2.18. The Labute approximate surface area is 118 Å². The van der Waals surface area contributed by atoms with E-state index in [-0.39, 0.29) is 23.5 Å². The molecule has 0 saturated carbocycles. The molecular formula is C12H18N2O5S. The van der Waals surface area contributed by atoms with Gasteiger partial charge < -0.3 is 15.2 Å². The van der Waals surface area contributed by atoms with Gasteiger partial charge in [0.2, 0.25) is 10.0 Å². The van der Waals surface area contributed by atoms with Crippen LogP contribution in [0, 0.1) is 0 Å². The molecule has 0 radical (unpaired) electrons. The van der Waals surface area contributed by atoms with E-state index in [1.54, 1.807) is 0 Å². The first-order valence-corrected chi connectivity index (χ1v) is 7.23. The van der Waals surface area contributed by atoms with E-state index < -0.39 is 16.0 Å². The number of esters is 1. The summed E-state index contributed by atoms with van der Waals surface area (Å²) in [5, 5.41) is 0. The number of hydrogen-bond acceptors (Lipinski definition) is 6. The Hall–Kier alpha value is -1.80. The molecule has 0 amide bonds. The SMILES string of the molecule is COC(=O)CCN(C)S(=O)(=O)c1ccc(OC)cc1N. The van der Waals surface area contributed by atoms with Crippen molar-refractivity contribution in [3.8, 4) is 5.75 Å². The maximum atomic E-state index is 12.3. The maximum absolute atomic E-state index is 12.3. The number of sulfonamides is 1. The number of rotatable bonds is 6. The van der Waals surface area contributed by atoms with Crippen molar-refractivity contribution in [3.05, 3.63) is 18.2 Å². The third kappa shape index (κ3) is 3.61. The fraction of sp³-hybridized carbons (Fsp3) is 0.417. The third-order valence-electron chi connectivity index (χ3n) is 2.76. The summed E-state index contributed by atoms with van der Waals surface area (Å²) in [5.74, 6) is -0.00610. The van der Waals surface area contributed by atoms with Crippen LogP contribution in [0.1, 0.15) is 6.42 Å². The average molecular weight is 302 g/mol. The number of ether oxygens (including phenoxy) is 2. The second-order valence-electron chi connectivity index (χ2n) is 4.06. The molecule has 0 aliphatic heterocycles. The summed E-state index contributed by atoms with van der Waals surface area (Å²) in [4.78, 5) is 11.0. The monoisotopic (exact) mass is 302 g/mol. The van der Waals surface area contributed by atoms with Crippen LogP contribution in [0.2, 0.25) is 0 Å². The minimum Gasteiger partial charge on any atom is -0.497 e. The smallest absolute Gasteiger partial charge is 0.306 e. The Bertz CT molecular complexity index is 586. The van der Waals surface area contributed by atoms with E-state index in [2.05, 4.69) is 4.74 Å². The van der Waals surface area contributed by atoms with Gasteiger partial charge in [0.05, 0.1) is 26.3 Å². The fourth-order valence-corrected chi connectivity index (χ4v) is 2.79. The van der Waals surface area contributed by atoms with E-state index in [4.69, 9.17) is 10.5 Å². The lowest BCUT2D eigenvalue weighted by Crippen LogP contribution is -2.30. The van der Waals surface area contributed by atoms with Gasteiger partial charge in [0, 0.05) is 19.7 Å². The number of nitrogens with two attached hydrogens (primary N) is 1. The summed E-state index contributed by atoms with van der Waals surface area (Å²) in [5.41, 5.74) is 5.82. The van der Waals surface area contributed by atoms with Crippen LogP contribution in [0.15, 0.2) is 23.1 Å². The van der Waals surface area contributed by atoms with Gasteiger partial charge >= 0.3 is 5.97 Å². The van der Waals surface area contributed by atoms with Crippen LogP contribution in [0.4, 0.5) is 5.69 Å². The molecule has 7 nitrogen and oxygen atoms in total. The number of hydrogen-bond donors (Lipinski definition) is 1. The molecule has 1 rings (SSSR count). The van der Waals surface area contributed by atoms with Gasteiger partial charge in [-0.2, -0.15) is 0 Å². The quantitative estimate of drug-likeness (QED) is 0.605. The minimum atomic E-state index is -3.75. The van der Waals surface area contributed by atoms with E-state index in [1.165, 1.54) is 39.5 Å². The van der Waals surface area contributed by atoms with Crippen molar-refractivity contribution >= 4 is 21.7 Å². The van der Waals surface area contributed by atoms with E-state index in [9.17, 15) is 13.2 Å². The van der Waals surface area contributed by atoms with Gasteiger partial charge in [0.25, 0.3) is 0 Å². The number of anilines is 1. The second kappa shape index (κ2) is 6.58. The van der Waals surface area contributed by atoms with Gasteiger partial charge in [-0.05, 0) is 12.1 Å². The van der Waals surface area contributed by atoms with E-state index in [1.807, 2.05) is 0 Å². The van der Waals surface area contributed by atoms with Crippen molar-refractivity contribution in [2.24, 2.45) is 0 Å². The summed E-state index contributed by atoms with van der Waals surface area (Å²) in [6, 6.07) is 4.32. The number of carbonyl (C=O) groups excluding carboxylic acids is 1. The highest BCUT2D eigenvalue weighted by atomic mass is 32.2. The Balaban J connectivity index is 2.95. The predicted octanol–water partition coefficient (Wildman–Crippen LogP) is 0.461. The molecule has 0 atom stereocenters. The molecule has 0 bridgehead atoms. The molecule has 8 heteroatoms. The molecule has 0 spiro atoms. The van der Waals surface area contributed by atoms with Crippen LogP contribution < -0.4 is 10.5 Å². The highest BCUT2D eigenvalue weighted by Gasteiger charge is 2.24. The normalized spacial score (nSPS) is 11.4. The van der Waals surface area contributed by atoms with Crippen molar-refractivity contribution in [2.45, 2.75) is 11.3 Å². The largest absolute Gasteiger partial charge is 0.497 e. The first-order valence-electron chi connectivity index (χ1n) is 5.79. The van der Waals surface area contributed by atoms with Crippen molar-refractivity contribution in [3.63, 3.8) is 0 Å². The molecule has 1 aromatic carbocycles. The van der Waals surface area contributed by atoms with E-state index in [0.717, 1.165) is 4.31 Å². The predicted molar refractivity (Wildman–Crippen MR) is 73.9 cm³/mol. The van der Waals surface area contributed by atoms with Gasteiger partial charge in [-0.3, -0.25) is 4.79 Å². The molecule has 0 saturated heterocycles. The van der Waals surface area contributed by atoms with Crippen LogP contribution in [0.3, 0.4) is 0 Å². The Kier molecular flexibility index (Phi) is 5.34. The van der Waals surface area contributed by atoms with Crippen molar-refractivity contribution in [1.82, 2.24) is 4.31 Å². The number of benzene rings is 1. The van der Waals surface area contributed by atoms with Crippen molar-refractivity contribution < 1.29 is 22.7 Å². The second-order valence-corrected chi connectivity index (χ2v) is 6.07. The number of nitrogens with zero attached hydrogens (tertiary/aromatic N) is 1. The summed E-state index contributed by atoms with van der Waals surface area (Å²) < 4.78 is 35.1. The zero-order chi connectivity index (χ0) is 15.3. The highest BCUT2D eigenvalue weighted by molar-refractivity contribution is 7.89. The Morgan fingerprint density at radius 3 is 2.50 bits per heavy atom. The van der Waals surface area contributed by atoms with Gasteiger partial charge in [-0.1, -0.05) is 0 Å². The molecule has 0 heterocycles. The van der Waals surface area contributed by atoms with Gasteiger partial charge in [0.1, 0.15) is 10.6 Å². The van der Waals surface area contributed by atoms with E-state index in [0.29, 0.717) is 5.75 Å². The van der Waals surface area contributed by atoms with Gasteiger partial charge in [0.15, 0.2) is 0 Å². The first kappa shape index (κ1) is 16.3. The van der Waals surface area contributed by atoms with Crippen LogP contribution in [-0.2, 0) is 19.6 Å². The molecule has 0 aromatic heterocycles. The number of methoxy groups -OCH3 is 2. The molecule has 20 heavy (non-hydrogen) atoms. The van der Waals surface area contributed by atoms with E-state index >= 15 is 0 Å². The third-order valence-corrected chi connectivity index (χ3v) is 4.69. The zero-order valence-electron chi connectivity index (χ0n) is 11.6. The summed E-state index contributed by atoms with van der Waals surface area (Å²) >= 11 is 0. The maximum Gasteiger partial charge on any atom is 0.306 e. The van der Waals surface area contributed by atoms with Crippen LogP contribution in [0.25, 0.3) is 0 Å². The Morgan fingerprint density at radius 2 is 2.00 bits per heavy atom. The number of nitrogen functional groups attached to an aromatic ring is 1. The lowest BCUT2D eigenvalue weighted by molar-refractivity contribution is -0.140. The first-order chi connectivity index (χ1) is 9.32. The topological polar surface area (TPSA) is 98.9 Å². The van der Waals surface area contributed by atoms with Crippen LogP contribution in [0.5, 0.6) is 5.75 Å². The zero-order valence-corrected chi connectivity index (χ0v) is 12.4.